The van der Waals surface area contributed by atoms with Crippen LogP contribution in [0.3, 0.4) is 0 Å². The summed E-state index contributed by atoms with van der Waals surface area (Å²) in [5.41, 5.74) is 5.73. The van der Waals surface area contributed by atoms with Gasteiger partial charge in [-0.05, 0) is 31.7 Å². The minimum Gasteiger partial charge on any atom is -0.379 e. The fourth-order valence-corrected chi connectivity index (χ4v) is 2.62. The third-order valence-electron chi connectivity index (χ3n) is 3.87. The molecule has 0 bridgehead atoms. The Kier molecular flexibility index (Phi) is 7.09. The predicted octanol–water partition coefficient (Wildman–Crippen LogP) is 2.25. The second kappa shape index (κ2) is 8.06. The van der Waals surface area contributed by atoms with Crippen LogP contribution in [0.4, 0.5) is 0 Å². The van der Waals surface area contributed by atoms with Crippen LogP contribution in [0, 0.1) is 5.92 Å². The van der Waals surface area contributed by atoms with Gasteiger partial charge in [-0.25, -0.2) is 0 Å². The maximum absolute atomic E-state index is 5.73. The molecular weight excluding hydrogens is 212 g/mol. The molecule has 0 aromatic heterocycles. The maximum atomic E-state index is 5.73. The Labute approximate surface area is 107 Å². The molecular formula is C14H30N2O. The number of methoxy groups -OCH3 is 1. The molecule has 1 aliphatic rings. The summed E-state index contributed by atoms with van der Waals surface area (Å²) in [5.74, 6) is 0.776. The molecule has 3 nitrogen and oxygen atoms in total. The van der Waals surface area contributed by atoms with Crippen LogP contribution in [0.15, 0.2) is 0 Å². The van der Waals surface area contributed by atoms with Crippen molar-refractivity contribution in [3.63, 3.8) is 0 Å². The normalized spacial score (nSPS) is 19.4. The monoisotopic (exact) mass is 242 g/mol. The molecule has 3 heteroatoms. The van der Waals surface area contributed by atoms with Gasteiger partial charge in [0.2, 0.25) is 0 Å². The van der Waals surface area contributed by atoms with Crippen molar-refractivity contribution in [3.8, 4) is 0 Å². The molecule has 0 heterocycles. The van der Waals surface area contributed by atoms with Crippen molar-refractivity contribution in [1.82, 2.24) is 4.90 Å². The van der Waals surface area contributed by atoms with Gasteiger partial charge in [0.05, 0.1) is 6.10 Å². The van der Waals surface area contributed by atoms with Crippen molar-refractivity contribution in [2.75, 3.05) is 26.7 Å². The first kappa shape index (κ1) is 14.9. The summed E-state index contributed by atoms with van der Waals surface area (Å²) in [6, 6.07) is 0.776. The smallest absolute Gasteiger partial charge is 0.0820 e. The first-order valence-corrected chi connectivity index (χ1v) is 7.14. The molecule has 1 atom stereocenters. The molecule has 0 amide bonds. The van der Waals surface area contributed by atoms with Crippen LogP contribution in [-0.4, -0.2) is 43.8 Å². The quantitative estimate of drug-likeness (QED) is 0.709. The second-order valence-corrected chi connectivity index (χ2v) is 5.71. The molecule has 2 N–H and O–H groups in total. The van der Waals surface area contributed by atoms with Crippen LogP contribution in [0.2, 0.25) is 0 Å². The van der Waals surface area contributed by atoms with E-state index in [0.717, 1.165) is 18.5 Å². The van der Waals surface area contributed by atoms with Gasteiger partial charge >= 0.3 is 0 Å². The number of nitrogens with zero attached hydrogens (tertiary/aromatic N) is 1. The van der Waals surface area contributed by atoms with E-state index in [4.69, 9.17) is 10.5 Å². The van der Waals surface area contributed by atoms with Gasteiger partial charge in [-0.15, -0.1) is 0 Å². The second-order valence-electron chi connectivity index (χ2n) is 5.71. The summed E-state index contributed by atoms with van der Waals surface area (Å²) < 4.78 is 5.43. The zero-order valence-electron chi connectivity index (χ0n) is 11.8. The molecule has 1 rings (SSSR count). The first-order chi connectivity index (χ1) is 8.17. The van der Waals surface area contributed by atoms with Crippen LogP contribution in [-0.2, 0) is 4.74 Å². The van der Waals surface area contributed by atoms with Crippen LogP contribution in [0.5, 0.6) is 0 Å². The van der Waals surface area contributed by atoms with Crippen LogP contribution in [0.1, 0.15) is 46.0 Å². The van der Waals surface area contributed by atoms with Crippen LogP contribution in [0.25, 0.3) is 0 Å². The van der Waals surface area contributed by atoms with E-state index in [-0.39, 0.29) is 6.10 Å². The molecule has 1 fully saturated rings. The van der Waals surface area contributed by atoms with Crippen molar-refractivity contribution >= 4 is 0 Å². The molecule has 1 unspecified atom stereocenters. The van der Waals surface area contributed by atoms with E-state index in [0.29, 0.717) is 6.54 Å². The molecule has 1 aliphatic carbocycles. The Bertz CT molecular complexity index is 187. The van der Waals surface area contributed by atoms with Gasteiger partial charge in [0.1, 0.15) is 0 Å². The standard InChI is InChI=1S/C14H30N2O/c1-12(2)8-9-16(11-14(10-15)17-3)13-6-4-5-7-13/h12-14H,4-11,15H2,1-3H3. The third-order valence-corrected chi connectivity index (χ3v) is 3.87. The first-order valence-electron chi connectivity index (χ1n) is 7.14. The third kappa shape index (κ3) is 5.36. The average Bonchev–Trinajstić information content (AvgIpc) is 2.83. The molecule has 0 spiro atoms. The number of ether oxygens (including phenoxy) is 1. The zero-order chi connectivity index (χ0) is 12.7. The van der Waals surface area contributed by atoms with E-state index >= 15 is 0 Å². The minimum absolute atomic E-state index is 0.197. The highest BCUT2D eigenvalue weighted by atomic mass is 16.5. The maximum Gasteiger partial charge on any atom is 0.0820 e. The highest BCUT2D eigenvalue weighted by Crippen LogP contribution is 2.24. The molecule has 17 heavy (non-hydrogen) atoms. The lowest BCUT2D eigenvalue weighted by Crippen LogP contribution is -2.43. The fraction of sp³-hybridized carbons (Fsp3) is 1.00. The SMILES string of the molecule is COC(CN)CN(CCC(C)C)C1CCCC1. The van der Waals surface area contributed by atoms with Gasteiger partial charge in [0, 0.05) is 26.2 Å². The number of hydrogen-bond donors (Lipinski definition) is 1. The van der Waals surface area contributed by atoms with Crippen molar-refractivity contribution in [3.05, 3.63) is 0 Å². The number of hydrogen-bond acceptors (Lipinski definition) is 3. The van der Waals surface area contributed by atoms with E-state index < -0.39 is 0 Å². The molecule has 0 aromatic rings. The summed E-state index contributed by atoms with van der Waals surface area (Å²) in [6.07, 6.45) is 6.98. The molecule has 0 radical (unpaired) electrons. The van der Waals surface area contributed by atoms with Crippen molar-refractivity contribution in [2.45, 2.75) is 58.1 Å². The summed E-state index contributed by atoms with van der Waals surface area (Å²) in [6.45, 7) is 7.42. The lowest BCUT2D eigenvalue weighted by Gasteiger charge is -2.32. The van der Waals surface area contributed by atoms with Crippen LogP contribution < -0.4 is 5.73 Å². The Hall–Kier alpha value is -0.120. The summed E-state index contributed by atoms with van der Waals surface area (Å²) in [5, 5.41) is 0. The Balaban J connectivity index is 2.45. The Morgan fingerprint density at radius 2 is 1.94 bits per heavy atom. The van der Waals surface area contributed by atoms with Gasteiger partial charge in [-0.1, -0.05) is 26.7 Å². The van der Waals surface area contributed by atoms with Gasteiger partial charge in [-0.3, -0.25) is 4.90 Å². The lowest BCUT2D eigenvalue weighted by molar-refractivity contribution is 0.0522. The summed E-state index contributed by atoms with van der Waals surface area (Å²) in [7, 11) is 1.77. The van der Waals surface area contributed by atoms with E-state index in [1.54, 1.807) is 7.11 Å². The average molecular weight is 242 g/mol. The van der Waals surface area contributed by atoms with Gasteiger partial charge in [0.25, 0.3) is 0 Å². The fourth-order valence-electron chi connectivity index (χ4n) is 2.62. The number of nitrogens with two attached hydrogens (primary N) is 1. The molecule has 1 saturated carbocycles. The van der Waals surface area contributed by atoms with Gasteiger partial charge in [-0.2, -0.15) is 0 Å². The highest BCUT2D eigenvalue weighted by molar-refractivity contribution is 4.80. The largest absolute Gasteiger partial charge is 0.379 e. The van der Waals surface area contributed by atoms with Gasteiger partial charge in [0.15, 0.2) is 0 Å². The molecule has 102 valence electrons. The van der Waals surface area contributed by atoms with E-state index in [1.807, 2.05) is 0 Å². The predicted molar refractivity (Wildman–Crippen MR) is 73.1 cm³/mol. The molecule has 0 saturated heterocycles. The topological polar surface area (TPSA) is 38.5 Å². The molecule has 0 aromatic carbocycles. The van der Waals surface area contributed by atoms with Crippen LogP contribution >= 0.6 is 0 Å². The van der Waals surface area contributed by atoms with E-state index in [1.165, 1.54) is 38.6 Å². The minimum atomic E-state index is 0.197. The highest BCUT2D eigenvalue weighted by Gasteiger charge is 2.24. The van der Waals surface area contributed by atoms with Crippen molar-refractivity contribution in [2.24, 2.45) is 11.7 Å². The van der Waals surface area contributed by atoms with Gasteiger partial charge < -0.3 is 10.5 Å². The van der Waals surface area contributed by atoms with Crippen molar-refractivity contribution < 1.29 is 4.74 Å². The summed E-state index contributed by atoms with van der Waals surface area (Å²) in [4.78, 5) is 2.62. The Morgan fingerprint density at radius 1 is 1.29 bits per heavy atom. The summed E-state index contributed by atoms with van der Waals surface area (Å²) >= 11 is 0. The van der Waals surface area contributed by atoms with E-state index in [2.05, 4.69) is 18.7 Å². The Morgan fingerprint density at radius 3 is 2.41 bits per heavy atom. The number of rotatable bonds is 8. The zero-order valence-corrected chi connectivity index (χ0v) is 11.8. The van der Waals surface area contributed by atoms with Crippen molar-refractivity contribution in [1.29, 1.82) is 0 Å². The lowest BCUT2D eigenvalue weighted by atomic mass is 10.1. The molecule has 0 aliphatic heterocycles. The van der Waals surface area contributed by atoms with E-state index in [9.17, 15) is 0 Å².